The first kappa shape index (κ1) is 20.2. The number of halogens is 1. The summed E-state index contributed by atoms with van der Waals surface area (Å²) in [5.74, 6) is -2.01. The zero-order valence-corrected chi connectivity index (χ0v) is 16.8. The van der Waals surface area contributed by atoms with Gasteiger partial charge in [0.25, 0.3) is 0 Å². The third-order valence-electron chi connectivity index (χ3n) is 4.55. The maximum Gasteiger partial charge on any atom is 0.335 e. The van der Waals surface area contributed by atoms with Crippen molar-refractivity contribution in [2.24, 2.45) is 5.41 Å². The second-order valence-electron chi connectivity index (χ2n) is 7.70. The third-order valence-corrected chi connectivity index (χ3v) is 5.41. The number of nitrogens with zero attached hydrogens (tertiary/aromatic N) is 2. The summed E-state index contributed by atoms with van der Waals surface area (Å²) in [5.41, 5.74) is 0.555. The lowest BCUT2D eigenvalue weighted by atomic mass is 9.82. The molecule has 2 heterocycles. The van der Waals surface area contributed by atoms with E-state index >= 15 is 0 Å². The zero-order valence-electron chi connectivity index (χ0n) is 15.9. The summed E-state index contributed by atoms with van der Waals surface area (Å²) in [4.78, 5) is 39.9. The molecule has 1 atom stereocenters. The van der Waals surface area contributed by atoms with Crippen LogP contribution < -0.4 is 5.32 Å². The van der Waals surface area contributed by atoms with Gasteiger partial charge in [0.2, 0.25) is 0 Å². The normalized spacial score (nSPS) is 16.2. The standard InChI is InChI=1S/C20H22FN3O3S/c1-20(2,3)16(13-6-8-14(21)9-7-13)22-12-24-18(26)17(25)23(19(24)27)11-15-5-4-10-28-15/h4-10,16,22H,11-12H2,1-3H3. The Labute approximate surface area is 166 Å². The Kier molecular flexibility index (Phi) is 5.62. The summed E-state index contributed by atoms with van der Waals surface area (Å²) in [6, 6.07) is 8.81. The minimum absolute atomic E-state index is 0.0816. The van der Waals surface area contributed by atoms with E-state index in [9.17, 15) is 18.8 Å². The highest BCUT2D eigenvalue weighted by atomic mass is 32.1. The molecule has 1 unspecified atom stereocenters. The molecular weight excluding hydrogens is 381 g/mol. The number of benzene rings is 1. The van der Waals surface area contributed by atoms with E-state index in [1.54, 1.807) is 18.2 Å². The first-order valence-electron chi connectivity index (χ1n) is 8.87. The third kappa shape index (κ3) is 4.13. The number of urea groups is 1. The highest BCUT2D eigenvalue weighted by molar-refractivity contribution is 7.09. The monoisotopic (exact) mass is 403 g/mol. The van der Waals surface area contributed by atoms with E-state index in [4.69, 9.17) is 0 Å². The number of carbonyl (C=O) groups excluding carboxylic acids is 3. The van der Waals surface area contributed by atoms with E-state index in [1.807, 2.05) is 32.2 Å². The number of hydrogen-bond acceptors (Lipinski definition) is 5. The maximum atomic E-state index is 13.3. The molecule has 1 saturated heterocycles. The van der Waals surface area contributed by atoms with Crippen molar-refractivity contribution in [2.45, 2.75) is 33.4 Å². The van der Waals surface area contributed by atoms with Gasteiger partial charge in [-0.15, -0.1) is 11.3 Å². The lowest BCUT2D eigenvalue weighted by Gasteiger charge is -2.33. The number of imide groups is 2. The lowest BCUT2D eigenvalue weighted by Crippen LogP contribution is -2.43. The number of hydrogen-bond donors (Lipinski definition) is 1. The number of thiophene rings is 1. The molecule has 3 rings (SSSR count). The molecular formula is C20H22FN3O3S. The summed E-state index contributed by atoms with van der Waals surface area (Å²) < 4.78 is 13.3. The molecule has 28 heavy (non-hydrogen) atoms. The van der Waals surface area contributed by atoms with Crippen molar-refractivity contribution in [3.63, 3.8) is 0 Å². The van der Waals surface area contributed by atoms with Gasteiger partial charge in [-0.05, 0) is 34.6 Å². The quantitative estimate of drug-likeness (QED) is 0.592. The number of carbonyl (C=O) groups is 3. The molecule has 0 radical (unpaired) electrons. The molecule has 4 amide bonds. The van der Waals surface area contributed by atoms with Gasteiger partial charge in [-0.3, -0.25) is 19.8 Å². The first-order valence-corrected chi connectivity index (χ1v) is 9.75. The van der Waals surface area contributed by atoms with Gasteiger partial charge in [0.1, 0.15) is 5.82 Å². The second-order valence-corrected chi connectivity index (χ2v) is 8.73. The molecule has 1 aliphatic rings. The molecule has 1 fully saturated rings. The van der Waals surface area contributed by atoms with Crippen molar-refractivity contribution < 1.29 is 18.8 Å². The Morgan fingerprint density at radius 1 is 1.04 bits per heavy atom. The summed E-state index contributed by atoms with van der Waals surface area (Å²) in [5, 5.41) is 5.03. The Balaban J connectivity index is 1.74. The van der Waals surface area contributed by atoms with Gasteiger partial charge in [0.15, 0.2) is 0 Å². The SMILES string of the molecule is CC(C)(C)C(NCN1C(=O)C(=O)N(Cc2cccs2)C1=O)c1ccc(F)cc1. The minimum Gasteiger partial charge on any atom is -0.292 e. The van der Waals surface area contributed by atoms with Gasteiger partial charge in [0, 0.05) is 10.9 Å². The Bertz CT molecular complexity index is 875. The molecule has 1 N–H and O–H groups in total. The van der Waals surface area contributed by atoms with Crippen LogP contribution in [-0.4, -0.2) is 34.3 Å². The van der Waals surface area contributed by atoms with Gasteiger partial charge in [-0.25, -0.2) is 14.1 Å². The van der Waals surface area contributed by atoms with E-state index in [1.165, 1.54) is 23.5 Å². The topological polar surface area (TPSA) is 69.7 Å². The van der Waals surface area contributed by atoms with Gasteiger partial charge in [-0.1, -0.05) is 39.0 Å². The Morgan fingerprint density at radius 2 is 1.68 bits per heavy atom. The Hall–Kier alpha value is -2.58. The average Bonchev–Trinajstić information content (AvgIpc) is 3.21. The van der Waals surface area contributed by atoms with Crippen LogP contribution in [0.4, 0.5) is 9.18 Å². The van der Waals surface area contributed by atoms with Gasteiger partial charge in [0.05, 0.1) is 13.2 Å². The summed E-state index contributed by atoms with van der Waals surface area (Å²) in [6.07, 6.45) is 0. The molecule has 1 aliphatic heterocycles. The van der Waals surface area contributed by atoms with Crippen molar-refractivity contribution in [1.29, 1.82) is 0 Å². The predicted octanol–water partition coefficient (Wildman–Crippen LogP) is 3.51. The van der Waals surface area contributed by atoms with E-state index in [-0.39, 0.29) is 30.5 Å². The molecule has 0 bridgehead atoms. The number of rotatable bonds is 6. The van der Waals surface area contributed by atoms with Crippen LogP contribution in [-0.2, 0) is 16.1 Å². The molecule has 0 aliphatic carbocycles. The Morgan fingerprint density at radius 3 is 2.25 bits per heavy atom. The van der Waals surface area contributed by atoms with E-state index in [0.717, 1.165) is 20.2 Å². The molecule has 148 valence electrons. The van der Waals surface area contributed by atoms with Gasteiger partial charge >= 0.3 is 17.8 Å². The highest BCUT2D eigenvalue weighted by Crippen LogP contribution is 2.33. The molecule has 2 aromatic rings. The van der Waals surface area contributed by atoms with Crippen molar-refractivity contribution in [3.8, 4) is 0 Å². The second kappa shape index (κ2) is 7.81. The van der Waals surface area contributed by atoms with Crippen LogP contribution in [0.5, 0.6) is 0 Å². The smallest absolute Gasteiger partial charge is 0.292 e. The van der Waals surface area contributed by atoms with Crippen LogP contribution >= 0.6 is 11.3 Å². The maximum absolute atomic E-state index is 13.3. The largest absolute Gasteiger partial charge is 0.335 e. The zero-order chi connectivity index (χ0) is 20.5. The number of nitrogens with one attached hydrogen (secondary N) is 1. The number of amides is 4. The molecule has 1 aromatic carbocycles. The molecule has 8 heteroatoms. The van der Waals surface area contributed by atoms with Crippen molar-refractivity contribution >= 4 is 29.2 Å². The molecule has 0 spiro atoms. The van der Waals surface area contributed by atoms with Crippen LogP contribution in [0.3, 0.4) is 0 Å². The van der Waals surface area contributed by atoms with Crippen molar-refractivity contribution in [2.75, 3.05) is 6.67 Å². The molecule has 1 aromatic heterocycles. The van der Waals surface area contributed by atoms with Crippen molar-refractivity contribution in [3.05, 3.63) is 58.0 Å². The van der Waals surface area contributed by atoms with Crippen LogP contribution in [0, 0.1) is 11.2 Å². The fourth-order valence-corrected chi connectivity index (χ4v) is 3.84. The van der Waals surface area contributed by atoms with E-state index in [0.29, 0.717) is 0 Å². The molecule has 6 nitrogen and oxygen atoms in total. The predicted molar refractivity (Wildman–Crippen MR) is 104 cm³/mol. The van der Waals surface area contributed by atoms with Crippen LogP contribution in [0.25, 0.3) is 0 Å². The summed E-state index contributed by atoms with van der Waals surface area (Å²) in [6.45, 7) is 5.96. The summed E-state index contributed by atoms with van der Waals surface area (Å²) in [7, 11) is 0. The average molecular weight is 403 g/mol. The lowest BCUT2D eigenvalue weighted by molar-refractivity contribution is -0.143. The van der Waals surface area contributed by atoms with E-state index in [2.05, 4.69) is 5.32 Å². The van der Waals surface area contributed by atoms with Crippen molar-refractivity contribution in [1.82, 2.24) is 15.1 Å². The van der Waals surface area contributed by atoms with Gasteiger partial charge < -0.3 is 0 Å². The first-order chi connectivity index (χ1) is 13.2. The van der Waals surface area contributed by atoms with Gasteiger partial charge in [-0.2, -0.15) is 0 Å². The van der Waals surface area contributed by atoms with Crippen LogP contribution in [0.1, 0.15) is 37.3 Å². The van der Waals surface area contributed by atoms with Crippen LogP contribution in [0.15, 0.2) is 41.8 Å². The van der Waals surface area contributed by atoms with E-state index < -0.39 is 17.8 Å². The fourth-order valence-electron chi connectivity index (χ4n) is 3.15. The summed E-state index contributed by atoms with van der Waals surface area (Å²) >= 11 is 1.41. The highest BCUT2D eigenvalue weighted by Gasteiger charge is 2.44. The fraction of sp³-hybridized carbons (Fsp3) is 0.350. The van der Waals surface area contributed by atoms with Crippen LogP contribution in [0.2, 0.25) is 0 Å². The minimum atomic E-state index is -0.846. The molecule has 0 saturated carbocycles.